The molecule has 4 heterocycles. The summed E-state index contributed by atoms with van der Waals surface area (Å²) in [6.07, 6.45) is 5.67. The van der Waals surface area contributed by atoms with Crippen molar-refractivity contribution >= 4 is 28.7 Å². The maximum Gasteiger partial charge on any atom is 0.143 e. The molecule has 7 rings (SSSR count). The third-order valence-corrected chi connectivity index (χ3v) is 8.56. The number of hydrogen-bond acceptors (Lipinski definition) is 8. The first kappa shape index (κ1) is 34.0. The van der Waals surface area contributed by atoms with E-state index in [1.54, 1.807) is 12.4 Å². The number of nitrogens with zero attached hydrogens (tertiary/aromatic N) is 8. The summed E-state index contributed by atoms with van der Waals surface area (Å²) in [4.78, 5) is 21.7. The van der Waals surface area contributed by atoms with E-state index in [1.807, 2.05) is 72.0 Å². The second-order valence-electron chi connectivity index (χ2n) is 11.4. The molecule has 3 aromatic carbocycles. The van der Waals surface area contributed by atoms with Crippen LogP contribution in [0.5, 0.6) is 0 Å². The van der Waals surface area contributed by atoms with Crippen LogP contribution in [-0.4, -0.2) is 39.9 Å². The largest absolute Gasteiger partial charge is 0.505 e. The molecule has 0 unspecified atom stereocenters. The minimum Gasteiger partial charge on any atom is -0.505 e. The Morgan fingerprint density at radius 1 is 0.553 bits per heavy atom. The van der Waals surface area contributed by atoms with Gasteiger partial charge in [-0.3, -0.25) is 0 Å². The van der Waals surface area contributed by atoms with E-state index >= 15 is 0 Å². The van der Waals surface area contributed by atoms with E-state index in [-0.39, 0.29) is 20.1 Å². The molecule has 0 N–H and O–H groups in total. The first-order valence-electron chi connectivity index (χ1n) is 15.7. The van der Waals surface area contributed by atoms with Gasteiger partial charge in [-0.05, 0) is 72.1 Å². The van der Waals surface area contributed by atoms with Crippen molar-refractivity contribution in [2.75, 3.05) is 39.7 Å². The molecule has 0 fully saturated rings. The number of allylic oxidation sites excluding steroid dienone is 4. The molecule has 0 amide bonds. The van der Waals surface area contributed by atoms with E-state index in [9.17, 15) is 0 Å². The number of benzene rings is 3. The number of aromatic nitrogens is 2. The van der Waals surface area contributed by atoms with Crippen molar-refractivity contribution in [2.24, 2.45) is 0 Å². The topological polar surface area (TPSA) is 45.2 Å². The van der Waals surface area contributed by atoms with E-state index in [1.165, 1.54) is 22.8 Å². The molecule has 0 saturated carbocycles. The van der Waals surface area contributed by atoms with Crippen molar-refractivity contribution in [3.8, 4) is 0 Å². The maximum absolute atomic E-state index is 4.34. The van der Waals surface area contributed by atoms with Gasteiger partial charge in [0.2, 0.25) is 0 Å². The number of fused-ring (bicyclic) bond motifs is 1. The smallest absolute Gasteiger partial charge is 0.143 e. The fourth-order valence-corrected chi connectivity index (χ4v) is 5.69. The van der Waals surface area contributed by atoms with Crippen LogP contribution in [0, 0.1) is 38.2 Å². The molecule has 3 aliphatic heterocycles. The summed E-state index contributed by atoms with van der Waals surface area (Å²) in [7, 11) is 1.95. The van der Waals surface area contributed by atoms with Gasteiger partial charge in [-0.2, -0.15) is 104 Å². The Hall–Kier alpha value is -4.33. The van der Waals surface area contributed by atoms with Gasteiger partial charge in [0, 0.05) is 43.9 Å². The Kier molecular flexibility index (Phi) is 11.2. The summed E-state index contributed by atoms with van der Waals surface area (Å²) < 4.78 is 0. The molecular weight excluding hydrogens is 761 g/mol. The average Bonchev–Trinajstić information content (AvgIpc) is 3.70. The average molecular weight is 801 g/mol. The molecule has 47 heavy (non-hydrogen) atoms. The first-order valence-corrected chi connectivity index (χ1v) is 15.7. The van der Waals surface area contributed by atoms with Gasteiger partial charge in [-0.25, -0.2) is 9.97 Å². The Bertz CT molecular complexity index is 1580. The van der Waals surface area contributed by atoms with Gasteiger partial charge in [0.25, 0.3) is 0 Å². The first-order chi connectivity index (χ1) is 22.4. The van der Waals surface area contributed by atoms with E-state index < -0.39 is 0 Å². The molecule has 1 aromatic heterocycles. The van der Waals surface area contributed by atoms with Crippen LogP contribution >= 0.6 is 0 Å². The predicted octanol–water partition coefficient (Wildman–Crippen LogP) is 7.73. The SMILES string of the molecule is CC1=C(C)N(c2[c-]cccc2)[CH-]N1CCCCN1[CH-]N(c2[c-]cccc2)C(C)=C1C.CN1[CH-]N(c2[c-]cccc2)c2nccnc21.[Ir]. The van der Waals surface area contributed by atoms with Crippen LogP contribution in [0.15, 0.2) is 108 Å². The van der Waals surface area contributed by atoms with Gasteiger partial charge in [-0.1, -0.05) is 0 Å². The van der Waals surface area contributed by atoms with Crippen LogP contribution in [0.25, 0.3) is 0 Å². The molecule has 0 aliphatic carbocycles. The number of hydrogen-bond donors (Lipinski definition) is 0. The summed E-state index contributed by atoms with van der Waals surface area (Å²) in [5.41, 5.74) is 8.34. The van der Waals surface area contributed by atoms with E-state index in [4.69, 9.17) is 0 Å². The number of anilines is 5. The summed E-state index contributed by atoms with van der Waals surface area (Å²) in [6.45, 7) is 17.2. The van der Waals surface area contributed by atoms with Crippen LogP contribution < -0.4 is 19.6 Å². The standard InChI is InChI=1S/C26H30N4.C12H10N4.Ir/c1-21-23(3)29(25-13-7-5-8-14-25)19-27(21)17-11-12-18-28-20-30(24(4)22(28)2)26-15-9-6-10-16-26;1-15-9-16(10-5-3-2-4-6-10)12-11(15)13-7-8-14-12;/h5-10,13,15,19-20H,11-12,17-18H2,1-4H3;2-5,7-9H,1H3;/q-4;-2;. The van der Waals surface area contributed by atoms with Crippen LogP contribution in [0.4, 0.5) is 28.7 Å². The molecule has 0 atom stereocenters. The van der Waals surface area contributed by atoms with Crippen LogP contribution in [0.1, 0.15) is 40.5 Å². The summed E-state index contributed by atoms with van der Waals surface area (Å²) in [5, 5.41) is 0. The maximum atomic E-state index is 4.34. The van der Waals surface area contributed by atoms with Crippen LogP contribution in [-0.2, 0) is 20.1 Å². The van der Waals surface area contributed by atoms with Crippen molar-refractivity contribution in [1.82, 2.24) is 19.8 Å². The summed E-state index contributed by atoms with van der Waals surface area (Å²) >= 11 is 0. The van der Waals surface area contributed by atoms with Gasteiger partial charge in [0.1, 0.15) is 11.6 Å². The molecule has 8 nitrogen and oxygen atoms in total. The number of rotatable bonds is 8. The fourth-order valence-electron chi connectivity index (χ4n) is 5.69. The normalized spacial score (nSPS) is 15.7. The van der Waals surface area contributed by atoms with Crippen LogP contribution in [0.3, 0.4) is 0 Å². The molecule has 0 saturated heterocycles. The monoisotopic (exact) mass is 801 g/mol. The number of unbranched alkanes of at least 4 members (excludes halogenated alkanes) is 1. The Balaban J connectivity index is 0.000000214. The van der Waals surface area contributed by atoms with Gasteiger partial charge >= 0.3 is 0 Å². The van der Waals surface area contributed by atoms with Crippen molar-refractivity contribution in [3.05, 3.63) is 146 Å². The fraction of sp³-hybridized carbons (Fsp3) is 0.237. The molecule has 0 bridgehead atoms. The van der Waals surface area contributed by atoms with E-state index in [0.717, 1.165) is 54.6 Å². The molecule has 9 heteroatoms. The second kappa shape index (κ2) is 15.5. The van der Waals surface area contributed by atoms with Crippen molar-refractivity contribution in [2.45, 2.75) is 40.5 Å². The molecule has 0 spiro atoms. The van der Waals surface area contributed by atoms with Crippen molar-refractivity contribution < 1.29 is 20.1 Å². The van der Waals surface area contributed by atoms with Gasteiger partial charge in [-0.15, -0.1) is 23.7 Å². The minimum absolute atomic E-state index is 0. The number of para-hydroxylation sites is 3. The molecule has 247 valence electrons. The van der Waals surface area contributed by atoms with Crippen molar-refractivity contribution in [3.63, 3.8) is 0 Å². The third-order valence-electron chi connectivity index (χ3n) is 8.56. The third kappa shape index (κ3) is 7.47. The molecule has 3 aliphatic rings. The minimum atomic E-state index is 0. The zero-order valence-corrected chi connectivity index (χ0v) is 29.9. The second-order valence-corrected chi connectivity index (χ2v) is 11.4. The Labute approximate surface area is 294 Å². The van der Waals surface area contributed by atoms with E-state index in [2.05, 4.69) is 113 Å². The zero-order valence-electron chi connectivity index (χ0n) is 27.6. The predicted molar refractivity (Wildman–Crippen MR) is 186 cm³/mol. The molecule has 4 aromatic rings. The molecule has 1 radical (unpaired) electrons. The quantitative estimate of drug-likeness (QED) is 0.133. The summed E-state index contributed by atoms with van der Waals surface area (Å²) in [6, 6.07) is 33.9. The van der Waals surface area contributed by atoms with Gasteiger partial charge < -0.3 is 29.4 Å². The summed E-state index contributed by atoms with van der Waals surface area (Å²) in [5.74, 6) is 1.70. The zero-order chi connectivity index (χ0) is 32.0. The van der Waals surface area contributed by atoms with Crippen molar-refractivity contribution in [1.29, 1.82) is 0 Å². The van der Waals surface area contributed by atoms with Gasteiger partial charge in [0.05, 0.1) is 0 Å². The Morgan fingerprint density at radius 2 is 0.979 bits per heavy atom. The molecular formula is C38H40IrN8-6. The van der Waals surface area contributed by atoms with Gasteiger partial charge in [0.15, 0.2) is 0 Å². The Morgan fingerprint density at radius 3 is 1.40 bits per heavy atom. The van der Waals surface area contributed by atoms with E-state index in [0.29, 0.717) is 0 Å². The van der Waals surface area contributed by atoms with Crippen LogP contribution in [0.2, 0.25) is 0 Å².